The number of carbonyl (C=O) groups excluding carboxylic acids is 1. The normalized spacial score (nSPS) is 11.6. The van der Waals surface area contributed by atoms with Crippen LogP contribution >= 0.6 is 11.8 Å². The minimum Gasteiger partial charge on any atom is -0.338 e. The highest BCUT2D eigenvalue weighted by molar-refractivity contribution is 7.99. The van der Waals surface area contributed by atoms with Crippen molar-refractivity contribution in [1.29, 1.82) is 0 Å². The number of thioether (sulfide) groups is 1. The van der Waals surface area contributed by atoms with E-state index in [1.807, 2.05) is 57.4 Å². The third kappa shape index (κ3) is 4.62. The van der Waals surface area contributed by atoms with E-state index in [9.17, 15) is 4.79 Å². The summed E-state index contributed by atoms with van der Waals surface area (Å²) in [6.07, 6.45) is 0. The quantitative estimate of drug-likeness (QED) is 0.622. The number of nitrogens with zero attached hydrogens (tertiary/aromatic N) is 4. The predicted octanol–water partition coefficient (Wildman–Crippen LogP) is 4.29. The molecule has 148 valence electrons. The molecule has 8 heteroatoms. The topological polar surface area (TPSA) is 85.8 Å². The Bertz CT molecular complexity index is 971. The smallest absolute Gasteiger partial charge is 0.237 e. The second kappa shape index (κ2) is 8.18. The van der Waals surface area contributed by atoms with Gasteiger partial charge in [0, 0.05) is 23.6 Å². The zero-order chi connectivity index (χ0) is 20.3. The monoisotopic (exact) mass is 399 g/mol. The van der Waals surface area contributed by atoms with Crippen molar-refractivity contribution in [2.75, 3.05) is 11.1 Å². The van der Waals surface area contributed by atoms with Gasteiger partial charge in [-0.1, -0.05) is 61.5 Å². The maximum absolute atomic E-state index is 12.3. The first-order chi connectivity index (χ1) is 13.3. The van der Waals surface area contributed by atoms with Crippen LogP contribution in [0.15, 0.2) is 40.0 Å². The molecule has 1 aromatic carbocycles. The molecule has 3 rings (SSSR count). The largest absolute Gasteiger partial charge is 0.338 e. The SMILES string of the molecule is CCn1c(SCC(=O)Nc2cc(C(C)(C)C)no2)nnc1-c1cccc(C)c1. The molecule has 0 saturated heterocycles. The zero-order valence-corrected chi connectivity index (χ0v) is 17.6. The van der Waals surface area contributed by atoms with E-state index in [1.54, 1.807) is 6.07 Å². The molecule has 2 heterocycles. The number of aromatic nitrogens is 4. The number of benzene rings is 1. The molecule has 0 aliphatic carbocycles. The molecule has 3 aromatic rings. The van der Waals surface area contributed by atoms with Crippen LogP contribution in [-0.2, 0) is 16.8 Å². The van der Waals surface area contributed by atoms with Crippen LogP contribution in [-0.4, -0.2) is 31.6 Å². The van der Waals surface area contributed by atoms with Gasteiger partial charge < -0.3 is 9.09 Å². The number of nitrogens with one attached hydrogen (secondary N) is 1. The van der Waals surface area contributed by atoms with Gasteiger partial charge in [0.15, 0.2) is 11.0 Å². The Kier molecular flexibility index (Phi) is 5.88. The van der Waals surface area contributed by atoms with Gasteiger partial charge in [-0.3, -0.25) is 10.1 Å². The maximum atomic E-state index is 12.3. The first kappa shape index (κ1) is 20.1. The summed E-state index contributed by atoms with van der Waals surface area (Å²) in [5, 5.41) is 16.1. The van der Waals surface area contributed by atoms with E-state index in [1.165, 1.54) is 17.3 Å². The fraction of sp³-hybridized carbons (Fsp3) is 0.400. The molecule has 0 fully saturated rings. The Morgan fingerprint density at radius 1 is 1.25 bits per heavy atom. The number of rotatable bonds is 6. The van der Waals surface area contributed by atoms with Crippen molar-refractivity contribution in [2.24, 2.45) is 0 Å². The lowest BCUT2D eigenvalue weighted by Crippen LogP contribution is -2.14. The molecule has 0 spiro atoms. The molecule has 0 atom stereocenters. The number of hydrogen-bond acceptors (Lipinski definition) is 6. The average molecular weight is 400 g/mol. The van der Waals surface area contributed by atoms with Crippen LogP contribution in [0.3, 0.4) is 0 Å². The standard InChI is InChI=1S/C20H25N5O2S/c1-6-25-18(14-9-7-8-13(2)10-14)22-23-19(25)28-12-16(26)21-17-11-15(24-27-17)20(3,4)5/h7-11H,6,12H2,1-5H3,(H,21,26). The van der Waals surface area contributed by atoms with Gasteiger partial charge in [0.1, 0.15) is 0 Å². The number of amides is 1. The highest BCUT2D eigenvalue weighted by Crippen LogP contribution is 2.26. The van der Waals surface area contributed by atoms with Crippen LogP contribution < -0.4 is 5.32 Å². The van der Waals surface area contributed by atoms with Crippen LogP contribution in [0, 0.1) is 6.92 Å². The van der Waals surface area contributed by atoms with Crippen LogP contribution in [0.25, 0.3) is 11.4 Å². The summed E-state index contributed by atoms with van der Waals surface area (Å²) >= 11 is 1.35. The van der Waals surface area contributed by atoms with Crippen molar-refractivity contribution in [2.45, 2.75) is 51.7 Å². The minimum atomic E-state index is -0.177. The maximum Gasteiger partial charge on any atom is 0.237 e. The highest BCUT2D eigenvalue weighted by atomic mass is 32.2. The second-order valence-electron chi connectivity index (χ2n) is 7.58. The summed E-state index contributed by atoms with van der Waals surface area (Å²) in [4.78, 5) is 12.3. The number of hydrogen-bond donors (Lipinski definition) is 1. The Labute approximate surface area is 168 Å². The molecular formula is C20H25N5O2S. The van der Waals surface area contributed by atoms with E-state index >= 15 is 0 Å². The Morgan fingerprint density at radius 3 is 2.68 bits per heavy atom. The summed E-state index contributed by atoms with van der Waals surface area (Å²) in [5.74, 6) is 1.19. The van der Waals surface area contributed by atoms with Gasteiger partial charge in [-0.05, 0) is 19.9 Å². The third-order valence-corrected chi connectivity index (χ3v) is 5.15. The molecule has 0 bridgehead atoms. The molecule has 0 unspecified atom stereocenters. The van der Waals surface area contributed by atoms with E-state index in [2.05, 4.69) is 26.7 Å². The van der Waals surface area contributed by atoms with Crippen molar-refractivity contribution in [3.8, 4) is 11.4 Å². The van der Waals surface area contributed by atoms with Crippen molar-refractivity contribution in [3.05, 3.63) is 41.6 Å². The van der Waals surface area contributed by atoms with Crippen LogP contribution in [0.5, 0.6) is 0 Å². The third-order valence-electron chi connectivity index (χ3n) is 4.18. The lowest BCUT2D eigenvalue weighted by atomic mass is 9.92. The van der Waals surface area contributed by atoms with E-state index in [4.69, 9.17) is 4.52 Å². The number of carbonyl (C=O) groups is 1. The molecule has 0 aliphatic heterocycles. The first-order valence-corrected chi connectivity index (χ1v) is 10.2. The molecule has 2 aromatic heterocycles. The van der Waals surface area contributed by atoms with Crippen molar-refractivity contribution >= 4 is 23.6 Å². The van der Waals surface area contributed by atoms with Crippen LogP contribution in [0.1, 0.15) is 39.0 Å². The Morgan fingerprint density at radius 2 is 2.04 bits per heavy atom. The van der Waals surface area contributed by atoms with Gasteiger partial charge in [0.2, 0.25) is 11.8 Å². The average Bonchev–Trinajstić information content (AvgIpc) is 3.26. The Balaban J connectivity index is 1.66. The van der Waals surface area contributed by atoms with Gasteiger partial charge >= 0.3 is 0 Å². The molecule has 7 nitrogen and oxygen atoms in total. The summed E-state index contributed by atoms with van der Waals surface area (Å²) in [7, 11) is 0. The molecule has 0 radical (unpaired) electrons. The molecule has 0 aliphatic rings. The van der Waals surface area contributed by atoms with E-state index in [-0.39, 0.29) is 17.1 Å². The predicted molar refractivity (Wildman–Crippen MR) is 110 cm³/mol. The van der Waals surface area contributed by atoms with Crippen molar-refractivity contribution in [1.82, 2.24) is 19.9 Å². The molecule has 28 heavy (non-hydrogen) atoms. The summed E-state index contributed by atoms with van der Waals surface area (Å²) in [6, 6.07) is 9.90. The lowest BCUT2D eigenvalue weighted by Gasteiger charge is -2.12. The summed E-state index contributed by atoms with van der Waals surface area (Å²) < 4.78 is 7.22. The fourth-order valence-corrected chi connectivity index (χ4v) is 3.47. The van der Waals surface area contributed by atoms with Gasteiger partial charge in [-0.2, -0.15) is 0 Å². The van der Waals surface area contributed by atoms with E-state index < -0.39 is 0 Å². The lowest BCUT2D eigenvalue weighted by molar-refractivity contribution is -0.113. The van der Waals surface area contributed by atoms with Crippen LogP contribution in [0.2, 0.25) is 0 Å². The Hall–Kier alpha value is -2.61. The first-order valence-electron chi connectivity index (χ1n) is 9.18. The summed E-state index contributed by atoms with van der Waals surface area (Å²) in [6.45, 7) is 10.9. The fourth-order valence-electron chi connectivity index (χ4n) is 2.67. The van der Waals surface area contributed by atoms with Crippen LogP contribution in [0.4, 0.5) is 5.88 Å². The van der Waals surface area contributed by atoms with Crippen molar-refractivity contribution in [3.63, 3.8) is 0 Å². The minimum absolute atomic E-state index is 0.134. The highest BCUT2D eigenvalue weighted by Gasteiger charge is 2.20. The second-order valence-corrected chi connectivity index (χ2v) is 8.53. The molecule has 0 saturated carbocycles. The van der Waals surface area contributed by atoms with Gasteiger partial charge in [0.05, 0.1) is 11.4 Å². The molecule has 1 amide bonds. The number of aryl methyl sites for hydroxylation is 1. The van der Waals surface area contributed by atoms with Gasteiger partial charge in [-0.15, -0.1) is 10.2 Å². The van der Waals surface area contributed by atoms with Crippen molar-refractivity contribution < 1.29 is 9.32 Å². The number of anilines is 1. The molecular weight excluding hydrogens is 374 g/mol. The van der Waals surface area contributed by atoms with Gasteiger partial charge in [-0.25, -0.2) is 0 Å². The van der Waals surface area contributed by atoms with Gasteiger partial charge in [0.25, 0.3) is 0 Å². The zero-order valence-electron chi connectivity index (χ0n) is 16.8. The van der Waals surface area contributed by atoms with E-state index in [0.717, 1.165) is 23.6 Å². The molecule has 1 N–H and O–H groups in total. The van der Waals surface area contributed by atoms with E-state index in [0.29, 0.717) is 11.0 Å². The summed E-state index contributed by atoms with van der Waals surface area (Å²) in [5.41, 5.74) is 2.84.